The number of aliphatic hydroxyl groups is 3. The normalized spacial score (nSPS) is 29.3. The molecule has 25 heavy (non-hydrogen) atoms. The topological polar surface area (TPSA) is 137 Å². The van der Waals surface area contributed by atoms with Crippen molar-refractivity contribution in [2.45, 2.75) is 31.3 Å². The van der Waals surface area contributed by atoms with Gasteiger partial charge < -0.3 is 35.4 Å². The van der Waals surface area contributed by atoms with Gasteiger partial charge in [0.2, 0.25) is 12.7 Å². The second-order valence-corrected chi connectivity index (χ2v) is 6.13. The fourth-order valence-electron chi connectivity index (χ4n) is 3.40. The molecule has 0 spiro atoms. The van der Waals surface area contributed by atoms with Crippen molar-refractivity contribution in [3.05, 3.63) is 23.3 Å². The molecule has 1 aromatic rings. The summed E-state index contributed by atoms with van der Waals surface area (Å²) >= 11 is 0. The van der Waals surface area contributed by atoms with Crippen molar-refractivity contribution in [1.82, 2.24) is 5.32 Å². The van der Waals surface area contributed by atoms with E-state index >= 15 is 0 Å². The van der Waals surface area contributed by atoms with E-state index in [1.165, 1.54) is 13.0 Å². The Morgan fingerprint density at radius 3 is 2.76 bits per heavy atom. The number of nitrogens with one attached hydrogen (secondary N) is 2. The van der Waals surface area contributed by atoms with Crippen LogP contribution in [0.15, 0.2) is 12.1 Å². The van der Waals surface area contributed by atoms with Crippen LogP contribution in [0.4, 0.5) is 5.69 Å². The molecule has 0 bridgehead atoms. The number of ether oxygens (including phenoxy) is 2. The van der Waals surface area contributed by atoms with Gasteiger partial charge in [0.25, 0.3) is 5.91 Å². The minimum absolute atomic E-state index is 0.0567. The van der Waals surface area contributed by atoms with Crippen LogP contribution < -0.4 is 20.1 Å². The van der Waals surface area contributed by atoms with Gasteiger partial charge in [-0.3, -0.25) is 9.59 Å². The summed E-state index contributed by atoms with van der Waals surface area (Å²) in [6.07, 6.45) is -2.71. The predicted molar refractivity (Wildman–Crippen MR) is 84.1 cm³/mol. The maximum absolute atomic E-state index is 12.6. The van der Waals surface area contributed by atoms with Gasteiger partial charge in [0.05, 0.1) is 11.6 Å². The molecule has 0 fully saturated rings. The van der Waals surface area contributed by atoms with Crippen LogP contribution >= 0.6 is 0 Å². The third kappa shape index (κ3) is 2.28. The molecule has 2 aliphatic heterocycles. The van der Waals surface area contributed by atoms with Gasteiger partial charge in [0.1, 0.15) is 24.0 Å². The molecule has 3 aliphatic rings. The number of amides is 2. The van der Waals surface area contributed by atoms with Gasteiger partial charge in [-0.2, -0.15) is 0 Å². The average molecular weight is 348 g/mol. The van der Waals surface area contributed by atoms with Gasteiger partial charge in [-0.1, -0.05) is 0 Å². The van der Waals surface area contributed by atoms with Gasteiger partial charge in [-0.05, 0) is 23.3 Å². The molecule has 2 heterocycles. The number of hydrogen-bond acceptors (Lipinski definition) is 7. The number of carbonyl (C=O) groups is 2. The van der Waals surface area contributed by atoms with Crippen LogP contribution in [0.25, 0.3) is 5.57 Å². The molecule has 0 unspecified atom stereocenters. The Morgan fingerprint density at radius 2 is 2.04 bits per heavy atom. The van der Waals surface area contributed by atoms with Crippen LogP contribution in [-0.2, 0) is 4.79 Å². The van der Waals surface area contributed by atoms with Crippen LogP contribution in [0.5, 0.6) is 11.5 Å². The van der Waals surface area contributed by atoms with E-state index in [1.807, 2.05) is 0 Å². The molecule has 2 amide bonds. The summed E-state index contributed by atoms with van der Waals surface area (Å²) in [6.45, 7) is 1.24. The first-order chi connectivity index (χ1) is 11.9. The molecule has 132 valence electrons. The summed E-state index contributed by atoms with van der Waals surface area (Å²) in [4.78, 5) is 24.2. The molecule has 0 aromatic heterocycles. The van der Waals surface area contributed by atoms with Crippen LogP contribution in [0.3, 0.4) is 0 Å². The molecule has 0 saturated carbocycles. The second-order valence-electron chi connectivity index (χ2n) is 6.13. The Bertz CT molecular complexity index is 819. The van der Waals surface area contributed by atoms with Crippen LogP contribution in [0.1, 0.15) is 22.8 Å². The summed E-state index contributed by atoms with van der Waals surface area (Å²) in [5.74, 6) is -0.344. The highest BCUT2D eigenvalue weighted by Crippen LogP contribution is 2.47. The largest absolute Gasteiger partial charge is 0.453 e. The van der Waals surface area contributed by atoms with E-state index in [-0.39, 0.29) is 23.8 Å². The lowest BCUT2D eigenvalue weighted by atomic mass is 9.79. The van der Waals surface area contributed by atoms with Gasteiger partial charge >= 0.3 is 0 Å². The van der Waals surface area contributed by atoms with Crippen molar-refractivity contribution >= 4 is 23.1 Å². The van der Waals surface area contributed by atoms with Crippen molar-refractivity contribution < 1.29 is 34.4 Å². The molecule has 4 rings (SSSR count). The third-order valence-electron chi connectivity index (χ3n) is 4.52. The number of carbonyl (C=O) groups excluding carboxylic acids is 2. The molecule has 9 nitrogen and oxygen atoms in total. The summed E-state index contributed by atoms with van der Waals surface area (Å²) < 4.78 is 10.7. The molecule has 0 saturated heterocycles. The number of rotatable bonds is 1. The first-order valence-corrected chi connectivity index (χ1v) is 7.70. The fraction of sp³-hybridized carbons (Fsp3) is 0.375. The number of hydrogen-bond donors (Lipinski definition) is 5. The Labute approximate surface area is 141 Å². The van der Waals surface area contributed by atoms with Crippen molar-refractivity contribution in [2.24, 2.45) is 0 Å². The number of aliphatic hydroxyl groups excluding tert-OH is 3. The maximum atomic E-state index is 12.6. The molecule has 1 aliphatic carbocycles. The Kier molecular flexibility index (Phi) is 3.46. The average Bonchev–Trinajstić information content (AvgIpc) is 3.02. The van der Waals surface area contributed by atoms with E-state index in [2.05, 4.69) is 10.6 Å². The van der Waals surface area contributed by atoms with Crippen molar-refractivity contribution in [1.29, 1.82) is 0 Å². The highest BCUT2D eigenvalue weighted by atomic mass is 16.7. The standard InChI is InChI=1S/C16H16N2O7/c1-5(19)17-12-10-6(3-9-15(12)25-4-24-9)7-2-8(20)13(21)14(22)11(7)18-16(10)23/h2-3,8,11,13-14,20-22H,4H2,1H3,(H,17,19)(H,18,23)/t8-,11+,13+,14-/m0/s1. The van der Waals surface area contributed by atoms with E-state index in [0.29, 0.717) is 16.9 Å². The lowest BCUT2D eigenvalue weighted by Gasteiger charge is -2.39. The van der Waals surface area contributed by atoms with E-state index in [1.54, 1.807) is 6.07 Å². The van der Waals surface area contributed by atoms with E-state index in [0.717, 1.165) is 0 Å². The molecule has 4 atom stereocenters. The van der Waals surface area contributed by atoms with Crippen LogP contribution in [0, 0.1) is 0 Å². The Morgan fingerprint density at radius 1 is 1.28 bits per heavy atom. The Hall–Kier alpha value is -2.62. The van der Waals surface area contributed by atoms with Crippen LogP contribution in [-0.4, -0.2) is 58.3 Å². The first kappa shape index (κ1) is 15.9. The highest BCUT2D eigenvalue weighted by molar-refractivity contribution is 6.12. The molecule has 0 radical (unpaired) electrons. The van der Waals surface area contributed by atoms with Gasteiger partial charge in [0.15, 0.2) is 11.5 Å². The van der Waals surface area contributed by atoms with Crippen molar-refractivity contribution in [2.75, 3.05) is 12.1 Å². The quantitative estimate of drug-likeness (QED) is 0.437. The van der Waals surface area contributed by atoms with Gasteiger partial charge in [-0.15, -0.1) is 0 Å². The SMILES string of the molecule is CC(=O)Nc1c2c(cc3c1C(=O)N[C@@H]1C3=C[C@H](O)[C@@H](O)[C@H]1O)OCO2. The molecule has 5 N–H and O–H groups in total. The fourth-order valence-corrected chi connectivity index (χ4v) is 3.40. The predicted octanol–water partition coefficient (Wildman–Crippen LogP) is -1.03. The van der Waals surface area contributed by atoms with Gasteiger partial charge in [-0.25, -0.2) is 0 Å². The van der Waals surface area contributed by atoms with E-state index in [4.69, 9.17) is 9.47 Å². The van der Waals surface area contributed by atoms with Crippen LogP contribution in [0.2, 0.25) is 0 Å². The number of benzene rings is 1. The smallest absolute Gasteiger partial charge is 0.254 e. The molecular formula is C16H16N2O7. The second kappa shape index (κ2) is 5.45. The van der Waals surface area contributed by atoms with E-state index < -0.39 is 36.2 Å². The Balaban J connectivity index is 1.96. The van der Waals surface area contributed by atoms with Crippen molar-refractivity contribution in [3.8, 4) is 11.5 Å². The monoisotopic (exact) mass is 348 g/mol. The third-order valence-corrected chi connectivity index (χ3v) is 4.52. The minimum Gasteiger partial charge on any atom is -0.453 e. The minimum atomic E-state index is -1.42. The zero-order valence-electron chi connectivity index (χ0n) is 13.1. The molecule has 9 heteroatoms. The van der Waals surface area contributed by atoms with Gasteiger partial charge in [0, 0.05) is 6.92 Å². The molecule has 1 aromatic carbocycles. The summed E-state index contributed by atoms with van der Waals surface area (Å²) in [5, 5.41) is 35.2. The summed E-state index contributed by atoms with van der Waals surface area (Å²) in [5.41, 5.74) is 1.15. The number of fused-ring (bicyclic) bond motifs is 4. The first-order valence-electron chi connectivity index (χ1n) is 7.70. The summed E-state index contributed by atoms with van der Waals surface area (Å²) in [6, 6.07) is 0.682. The lowest BCUT2D eigenvalue weighted by Crippen LogP contribution is -2.57. The number of anilines is 1. The maximum Gasteiger partial charge on any atom is 0.254 e. The van der Waals surface area contributed by atoms with Crippen molar-refractivity contribution in [3.63, 3.8) is 0 Å². The zero-order valence-corrected chi connectivity index (χ0v) is 13.1. The summed E-state index contributed by atoms with van der Waals surface area (Å²) in [7, 11) is 0. The highest BCUT2D eigenvalue weighted by Gasteiger charge is 2.44. The van der Waals surface area contributed by atoms with E-state index in [9.17, 15) is 24.9 Å². The molecular weight excluding hydrogens is 332 g/mol. The lowest BCUT2D eigenvalue weighted by molar-refractivity contribution is -0.114. The zero-order chi connectivity index (χ0) is 17.9.